The lowest BCUT2D eigenvalue weighted by atomic mass is 10.0. The molecule has 3 N–H and O–H groups in total. The Kier molecular flexibility index (Phi) is 5.81. The van der Waals surface area contributed by atoms with Gasteiger partial charge in [-0.1, -0.05) is 36.4 Å². The number of hydrogen-bond donors (Lipinski definition) is 2. The first-order valence-electron chi connectivity index (χ1n) is 7.29. The zero-order valence-electron chi connectivity index (χ0n) is 12.8. The molecular formula is C17H17F3N2O2. The Morgan fingerprint density at radius 2 is 1.79 bits per heavy atom. The lowest BCUT2D eigenvalue weighted by molar-refractivity contribution is -0.274. The average molecular weight is 338 g/mol. The van der Waals surface area contributed by atoms with Gasteiger partial charge in [0.25, 0.3) is 0 Å². The summed E-state index contributed by atoms with van der Waals surface area (Å²) in [5, 5.41) is 2.73. The third-order valence-corrected chi connectivity index (χ3v) is 3.22. The fourth-order valence-corrected chi connectivity index (χ4v) is 2.11. The van der Waals surface area contributed by atoms with E-state index in [1.807, 2.05) is 0 Å². The Labute approximate surface area is 137 Å². The van der Waals surface area contributed by atoms with Gasteiger partial charge in [0.2, 0.25) is 5.91 Å². The van der Waals surface area contributed by atoms with Crippen molar-refractivity contribution in [2.75, 3.05) is 6.54 Å². The summed E-state index contributed by atoms with van der Waals surface area (Å²) in [6.45, 7) is 0.664. The quantitative estimate of drug-likeness (QED) is 0.850. The molecular weight excluding hydrogens is 321 g/mol. The number of alkyl halides is 3. The maximum atomic E-state index is 12.3. The van der Waals surface area contributed by atoms with Gasteiger partial charge in [0.15, 0.2) is 0 Å². The van der Waals surface area contributed by atoms with Crippen LogP contribution in [0.15, 0.2) is 48.5 Å². The van der Waals surface area contributed by atoms with Crippen LogP contribution in [0.2, 0.25) is 0 Å². The molecule has 128 valence electrons. The second-order valence-corrected chi connectivity index (χ2v) is 5.09. The summed E-state index contributed by atoms with van der Waals surface area (Å²) in [6, 6.07) is 12.9. The fraction of sp³-hybridized carbons (Fsp3) is 0.235. The first-order chi connectivity index (χ1) is 11.4. The van der Waals surface area contributed by atoms with Crippen molar-refractivity contribution in [2.45, 2.75) is 19.3 Å². The van der Waals surface area contributed by atoms with Gasteiger partial charge in [-0.25, -0.2) is 0 Å². The lowest BCUT2D eigenvalue weighted by Gasteiger charge is -2.10. The molecule has 4 nitrogen and oxygen atoms in total. The molecule has 0 bridgehead atoms. The zero-order chi connectivity index (χ0) is 17.6. The molecule has 0 aliphatic carbocycles. The van der Waals surface area contributed by atoms with Crippen LogP contribution in [0.25, 0.3) is 11.1 Å². The van der Waals surface area contributed by atoms with E-state index in [2.05, 4.69) is 10.1 Å². The third kappa shape index (κ3) is 5.58. The molecule has 0 fully saturated rings. The van der Waals surface area contributed by atoms with Crippen molar-refractivity contribution >= 4 is 5.91 Å². The molecule has 0 radical (unpaired) electrons. The number of amides is 1. The van der Waals surface area contributed by atoms with Gasteiger partial charge >= 0.3 is 6.36 Å². The SMILES string of the molecule is NCCC(=O)NCc1ccc(-c2cccc(OC(F)(F)F)c2)cc1. The van der Waals surface area contributed by atoms with E-state index in [4.69, 9.17) is 5.73 Å². The van der Waals surface area contributed by atoms with Gasteiger partial charge in [-0.3, -0.25) is 4.79 Å². The van der Waals surface area contributed by atoms with Crippen LogP contribution in [0.3, 0.4) is 0 Å². The van der Waals surface area contributed by atoms with Crippen LogP contribution in [0.5, 0.6) is 5.75 Å². The summed E-state index contributed by atoms with van der Waals surface area (Å²) in [5.74, 6) is -0.392. The van der Waals surface area contributed by atoms with Crippen LogP contribution in [-0.2, 0) is 11.3 Å². The average Bonchev–Trinajstić information content (AvgIpc) is 2.52. The van der Waals surface area contributed by atoms with Gasteiger partial charge in [-0.05, 0) is 28.8 Å². The third-order valence-electron chi connectivity index (χ3n) is 3.22. The molecule has 0 atom stereocenters. The van der Waals surface area contributed by atoms with E-state index in [1.165, 1.54) is 18.2 Å². The second-order valence-electron chi connectivity index (χ2n) is 5.09. The molecule has 2 aromatic carbocycles. The molecule has 0 aliphatic rings. The smallest absolute Gasteiger partial charge is 0.406 e. The Morgan fingerprint density at radius 1 is 1.08 bits per heavy atom. The molecule has 24 heavy (non-hydrogen) atoms. The maximum absolute atomic E-state index is 12.3. The molecule has 7 heteroatoms. The highest BCUT2D eigenvalue weighted by Gasteiger charge is 2.31. The fourth-order valence-electron chi connectivity index (χ4n) is 2.11. The Hall–Kier alpha value is -2.54. The minimum atomic E-state index is -4.72. The summed E-state index contributed by atoms with van der Waals surface area (Å²) >= 11 is 0. The van der Waals surface area contributed by atoms with E-state index in [-0.39, 0.29) is 18.1 Å². The topological polar surface area (TPSA) is 64.4 Å². The predicted molar refractivity (Wildman–Crippen MR) is 84.1 cm³/mol. The molecule has 0 saturated carbocycles. The highest BCUT2D eigenvalue weighted by Crippen LogP contribution is 2.28. The van der Waals surface area contributed by atoms with Gasteiger partial charge in [0, 0.05) is 19.5 Å². The predicted octanol–water partition coefficient (Wildman–Crippen LogP) is 3.22. The van der Waals surface area contributed by atoms with E-state index in [0.29, 0.717) is 18.7 Å². The van der Waals surface area contributed by atoms with Crippen LogP contribution < -0.4 is 15.8 Å². The summed E-state index contributed by atoms with van der Waals surface area (Å²) in [4.78, 5) is 11.4. The minimum Gasteiger partial charge on any atom is -0.406 e. The number of ether oxygens (including phenoxy) is 1. The van der Waals surface area contributed by atoms with Crippen LogP contribution in [0.4, 0.5) is 13.2 Å². The molecule has 0 heterocycles. The monoisotopic (exact) mass is 338 g/mol. The zero-order valence-corrected chi connectivity index (χ0v) is 12.8. The molecule has 0 spiro atoms. The van der Waals surface area contributed by atoms with E-state index in [0.717, 1.165) is 11.1 Å². The summed E-state index contributed by atoms with van der Waals surface area (Å²) in [6.07, 6.45) is -4.45. The van der Waals surface area contributed by atoms with E-state index in [1.54, 1.807) is 30.3 Å². The van der Waals surface area contributed by atoms with Gasteiger partial charge in [0.1, 0.15) is 5.75 Å². The number of hydrogen-bond acceptors (Lipinski definition) is 3. The number of nitrogens with two attached hydrogens (primary N) is 1. The summed E-state index contributed by atoms with van der Waals surface area (Å²) in [7, 11) is 0. The number of carbonyl (C=O) groups excluding carboxylic acids is 1. The standard InChI is InChI=1S/C17H17F3N2O2/c18-17(19,20)24-15-3-1-2-14(10-15)13-6-4-12(5-7-13)11-22-16(23)8-9-21/h1-7,10H,8-9,11,21H2,(H,22,23). The van der Waals surface area contributed by atoms with Crippen LogP contribution in [-0.4, -0.2) is 18.8 Å². The molecule has 0 aromatic heterocycles. The van der Waals surface area contributed by atoms with Crippen molar-refractivity contribution in [1.82, 2.24) is 5.32 Å². The van der Waals surface area contributed by atoms with Crippen LogP contribution >= 0.6 is 0 Å². The minimum absolute atomic E-state index is 0.126. The van der Waals surface area contributed by atoms with Crippen molar-refractivity contribution in [3.8, 4) is 16.9 Å². The first kappa shape index (κ1) is 17.8. The van der Waals surface area contributed by atoms with E-state index < -0.39 is 6.36 Å². The van der Waals surface area contributed by atoms with Crippen molar-refractivity contribution in [3.05, 3.63) is 54.1 Å². The van der Waals surface area contributed by atoms with Gasteiger partial charge in [-0.2, -0.15) is 0 Å². The molecule has 2 aromatic rings. The van der Waals surface area contributed by atoms with Crippen molar-refractivity contribution in [1.29, 1.82) is 0 Å². The molecule has 2 rings (SSSR count). The van der Waals surface area contributed by atoms with Crippen LogP contribution in [0, 0.1) is 0 Å². The van der Waals surface area contributed by atoms with Crippen molar-refractivity contribution < 1.29 is 22.7 Å². The van der Waals surface area contributed by atoms with Gasteiger partial charge in [-0.15, -0.1) is 13.2 Å². The van der Waals surface area contributed by atoms with Crippen molar-refractivity contribution in [2.24, 2.45) is 5.73 Å². The van der Waals surface area contributed by atoms with Gasteiger partial charge < -0.3 is 15.8 Å². The molecule has 0 saturated heterocycles. The number of carbonyl (C=O) groups is 1. The number of rotatable bonds is 6. The number of halogens is 3. The molecule has 0 unspecified atom stereocenters. The first-order valence-corrected chi connectivity index (χ1v) is 7.29. The lowest BCUT2D eigenvalue weighted by Crippen LogP contribution is -2.24. The van der Waals surface area contributed by atoms with Crippen molar-refractivity contribution in [3.63, 3.8) is 0 Å². The maximum Gasteiger partial charge on any atom is 0.573 e. The summed E-state index contributed by atoms with van der Waals surface area (Å²) < 4.78 is 40.7. The van der Waals surface area contributed by atoms with E-state index >= 15 is 0 Å². The molecule has 1 amide bonds. The normalized spacial score (nSPS) is 11.2. The summed E-state index contributed by atoms with van der Waals surface area (Å²) in [5.41, 5.74) is 7.53. The second kappa shape index (κ2) is 7.83. The highest BCUT2D eigenvalue weighted by atomic mass is 19.4. The largest absolute Gasteiger partial charge is 0.573 e. The van der Waals surface area contributed by atoms with Gasteiger partial charge in [0.05, 0.1) is 0 Å². The molecule has 0 aliphatic heterocycles. The van der Waals surface area contributed by atoms with Crippen LogP contribution in [0.1, 0.15) is 12.0 Å². The highest BCUT2D eigenvalue weighted by molar-refractivity contribution is 5.76. The number of benzene rings is 2. The Bertz CT molecular complexity index is 685. The Morgan fingerprint density at radius 3 is 2.42 bits per heavy atom. The number of nitrogens with one attached hydrogen (secondary N) is 1. The Balaban J connectivity index is 2.05. The van der Waals surface area contributed by atoms with E-state index in [9.17, 15) is 18.0 Å².